The molecular weight excluding hydrogens is 176 g/mol. The Morgan fingerprint density at radius 1 is 1.36 bits per heavy atom. The zero-order chi connectivity index (χ0) is 10.6. The Hall–Kier alpha value is -1.05. The van der Waals surface area contributed by atoms with Crippen LogP contribution in [0.1, 0.15) is 39.0 Å². The molecule has 80 valence electrons. The molecule has 0 aliphatic rings. The minimum Gasteiger partial charge on any atom is -0.461 e. The predicted molar refractivity (Wildman–Crippen MR) is 59.1 cm³/mol. The maximum Gasteiger partial charge on any atom is 0.309 e. The van der Waals surface area contributed by atoms with Crippen molar-refractivity contribution >= 4 is 5.97 Å². The largest absolute Gasteiger partial charge is 0.461 e. The molecule has 0 atom stereocenters. The first kappa shape index (κ1) is 12.9. The van der Waals surface area contributed by atoms with Gasteiger partial charge in [-0.2, -0.15) is 0 Å². The summed E-state index contributed by atoms with van der Waals surface area (Å²) in [5.41, 5.74) is 0. The number of allylic oxidation sites excluding steroid dienone is 1. The molecule has 0 bridgehead atoms. The summed E-state index contributed by atoms with van der Waals surface area (Å²) in [6.07, 6.45) is 10.6. The standard InChI is InChI=1S/C12H20O2/c1-3-5-6-7-8-9-10-12(13)14-11-4-2/h4,8-9H,2-3,5-7,10-11H2,1H3. The zero-order valence-corrected chi connectivity index (χ0v) is 9.00. The molecule has 0 aliphatic carbocycles. The number of carbonyl (C=O) groups is 1. The van der Waals surface area contributed by atoms with Crippen LogP contribution in [0.25, 0.3) is 0 Å². The molecule has 0 saturated heterocycles. The van der Waals surface area contributed by atoms with E-state index >= 15 is 0 Å². The molecule has 0 heterocycles. The van der Waals surface area contributed by atoms with E-state index in [4.69, 9.17) is 4.74 Å². The molecule has 0 aliphatic heterocycles. The van der Waals surface area contributed by atoms with Crippen LogP contribution >= 0.6 is 0 Å². The third kappa shape index (κ3) is 9.04. The molecule has 0 spiro atoms. The normalized spacial score (nSPS) is 10.4. The molecule has 0 aromatic rings. The molecule has 0 N–H and O–H groups in total. The summed E-state index contributed by atoms with van der Waals surface area (Å²) >= 11 is 0. The van der Waals surface area contributed by atoms with Crippen molar-refractivity contribution in [2.75, 3.05) is 6.61 Å². The van der Waals surface area contributed by atoms with E-state index in [1.807, 2.05) is 12.2 Å². The number of rotatable bonds is 8. The van der Waals surface area contributed by atoms with E-state index in [0.717, 1.165) is 6.42 Å². The van der Waals surface area contributed by atoms with Gasteiger partial charge in [0.05, 0.1) is 6.42 Å². The van der Waals surface area contributed by atoms with Crippen molar-refractivity contribution < 1.29 is 9.53 Å². The summed E-state index contributed by atoms with van der Waals surface area (Å²) < 4.78 is 4.81. The molecule has 2 nitrogen and oxygen atoms in total. The molecule has 0 amide bonds. The fourth-order valence-corrected chi connectivity index (χ4v) is 1.02. The number of carbonyl (C=O) groups excluding carboxylic acids is 1. The first-order chi connectivity index (χ1) is 6.81. The maximum absolute atomic E-state index is 11.0. The Kier molecular flexibility index (Phi) is 9.28. The van der Waals surface area contributed by atoms with Crippen LogP contribution < -0.4 is 0 Å². The van der Waals surface area contributed by atoms with Crippen molar-refractivity contribution in [3.63, 3.8) is 0 Å². The van der Waals surface area contributed by atoms with Crippen molar-refractivity contribution in [2.24, 2.45) is 0 Å². The van der Waals surface area contributed by atoms with Gasteiger partial charge in [-0.25, -0.2) is 0 Å². The Morgan fingerprint density at radius 2 is 2.14 bits per heavy atom. The Labute approximate surface area is 86.6 Å². The molecule has 0 fully saturated rings. The summed E-state index contributed by atoms with van der Waals surface area (Å²) in [4.78, 5) is 11.0. The second-order valence-electron chi connectivity index (χ2n) is 3.14. The average molecular weight is 196 g/mol. The second kappa shape index (κ2) is 10.0. The quantitative estimate of drug-likeness (QED) is 0.338. The Balaban J connectivity index is 3.32. The van der Waals surface area contributed by atoms with Gasteiger partial charge in [-0.1, -0.05) is 44.6 Å². The van der Waals surface area contributed by atoms with Crippen molar-refractivity contribution in [3.05, 3.63) is 24.8 Å². The van der Waals surface area contributed by atoms with E-state index in [2.05, 4.69) is 13.5 Å². The highest BCUT2D eigenvalue weighted by Crippen LogP contribution is 2.00. The lowest BCUT2D eigenvalue weighted by Crippen LogP contribution is -2.01. The summed E-state index contributed by atoms with van der Waals surface area (Å²) in [6.45, 7) is 5.95. The third-order valence-electron chi connectivity index (χ3n) is 1.79. The van der Waals surface area contributed by atoms with Crippen LogP contribution in [0.3, 0.4) is 0 Å². The summed E-state index contributed by atoms with van der Waals surface area (Å²) in [7, 11) is 0. The van der Waals surface area contributed by atoms with Gasteiger partial charge in [0.15, 0.2) is 0 Å². The van der Waals surface area contributed by atoms with Gasteiger partial charge in [-0.3, -0.25) is 4.79 Å². The van der Waals surface area contributed by atoms with Crippen molar-refractivity contribution in [3.8, 4) is 0 Å². The second-order valence-corrected chi connectivity index (χ2v) is 3.14. The van der Waals surface area contributed by atoms with Crippen LogP contribution in [0.15, 0.2) is 24.8 Å². The van der Waals surface area contributed by atoms with E-state index in [1.54, 1.807) is 6.08 Å². The van der Waals surface area contributed by atoms with Crippen molar-refractivity contribution in [1.82, 2.24) is 0 Å². The van der Waals surface area contributed by atoms with Crippen molar-refractivity contribution in [1.29, 1.82) is 0 Å². The predicted octanol–water partition coefficient (Wildman–Crippen LogP) is 3.24. The molecule has 0 saturated carbocycles. The zero-order valence-electron chi connectivity index (χ0n) is 9.00. The number of esters is 1. The van der Waals surface area contributed by atoms with E-state index in [1.165, 1.54) is 19.3 Å². The molecule has 0 rings (SSSR count). The summed E-state index contributed by atoms with van der Waals surface area (Å²) in [6, 6.07) is 0. The lowest BCUT2D eigenvalue weighted by molar-refractivity contribution is -0.141. The Morgan fingerprint density at radius 3 is 2.79 bits per heavy atom. The monoisotopic (exact) mass is 196 g/mol. The fraction of sp³-hybridized carbons (Fsp3) is 0.583. The van der Waals surface area contributed by atoms with Crippen LogP contribution in [0.5, 0.6) is 0 Å². The molecular formula is C12H20O2. The lowest BCUT2D eigenvalue weighted by atomic mass is 10.2. The number of unbranched alkanes of at least 4 members (excludes halogenated alkanes) is 3. The van der Waals surface area contributed by atoms with Gasteiger partial charge in [0.25, 0.3) is 0 Å². The smallest absolute Gasteiger partial charge is 0.309 e. The van der Waals surface area contributed by atoms with Crippen molar-refractivity contribution in [2.45, 2.75) is 39.0 Å². The lowest BCUT2D eigenvalue weighted by Gasteiger charge is -1.97. The Bertz CT molecular complexity index is 183. The molecule has 0 radical (unpaired) electrons. The highest BCUT2D eigenvalue weighted by Gasteiger charge is 1.95. The maximum atomic E-state index is 11.0. The van der Waals surface area contributed by atoms with Gasteiger partial charge in [0, 0.05) is 0 Å². The van der Waals surface area contributed by atoms with Crippen LogP contribution in [0.2, 0.25) is 0 Å². The number of hydrogen-bond acceptors (Lipinski definition) is 2. The first-order valence-electron chi connectivity index (χ1n) is 5.22. The van der Waals surface area contributed by atoms with Crippen LogP contribution in [-0.2, 0) is 9.53 Å². The molecule has 0 unspecified atom stereocenters. The van der Waals surface area contributed by atoms with Gasteiger partial charge >= 0.3 is 5.97 Å². The summed E-state index contributed by atoms with van der Waals surface area (Å²) in [5.74, 6) is -0.184. The minimum absolute atomic E-state index is 0.184. The average Bonchev–Trinajstić information content (AvgIpc) is 2.20. The molecule has 14 heavy (non-hydrogen) atoms. The van der Waals surface area contributed by atoms with Gasteiger partial charge in [0.2, 0.25) is 0 Å². The first-order valence-corrected chi connectivity index (χ1v) is 5.22. The summed E-state index contributed by atoms with van der Waals surface area (Å²) in [5, 5.41) is 0. The van der Waals surface area contributed by atoms with E-state index in [0.29, 0.717) is 13.0 Å². The number of hydrogen-bond donors (Lipinski definition) is 0. The minimum atomic E-state index is -0.184. The fourth-order valence-electron chi connectivity index (χ4n) is 1.02. The molecule has 0 aromatic carbocycles. The van der Waals surface area contributed by atoms with Gasteiger partial charge in [-0.05, 0) is 12.8 Å². The third-order valence-corrected chi connectivity index (χ3v) is 1.79. The van der Waals surface area contributed by atoms with Crippen LogP contribution in [0.4, 0.5) is 0 Å². The number of ether oxygens (including phenoxy) is 1. The van der Waals surface area contributed by atoms with Gasteiger partial charge in [0.1, 0.15) is 6.61 Å². The highest BCUT2D eigenvalue weighted by atomic mass is 16.5. The van der Waals surface area contributed by atoms with E-state index in [9.17, 15) is 4.79 Å². The highest BCUT2D eigenvalue weighted by molar-refractivity contribution is 5.71. The van der Waals surface area contributed by atoms with Gasteiger partial charge < -0.3 is 4.74 Å². The van der Waals surface area contributed by atoms with Crippen LogP contribution in [-0.4, -0.2) is 12.6 Å². The topological polar surface area (TPSA) is 26.3 Å². The van der Waals surface area contributed by atoms with Crippen LogP contribution in [0, 0.1) is 0 Å². The van der Waals surface area contributed by atoms with Gasteiger partial charge in [-0.15, -0.1) is 0 Å². The van der Waals surface area contributed by atoms with E-state index < -0.39 is 0 Å². The van der Waals surface area contributed by atoms with E-state index in [-0.39, 0.29) is 5.97 Å². The molecule has 2 heteroatoms. The molecule has 0 aromatic heterocycles. The SMILES string of the molecule is C=CCOC(=O)CC=CCCCCC.